The van der Waals surface area contributed by atoms with Crippen LogP contribution in [0.5, 0.6) is 0 Å². The maximum atomic E-state index is 5.89. The molecule has 22 heavy (non-hydrogen) atoms. The van der Waals surface area contributed by atoms with E-state index in [1.807, 2.05) is 17.5 Å². The summed E-state index contributed by atoms with van der Waals surface area (Å²) >= 11 is 1.81. The molecule has 3 heterocycles. The average molecular weight is 321 g/mol. The van der Waals surface area contributed by atoms with E-state index in [-0.39, 0.29) is 6.10 Å². The Hall–Kier alpha value is -1.31. The minimum absolute atomic E-state index is 0.000677. The topological polar surface area (TPSA) is 56.1 Å². The van der Waals surface area contributed by atoms with E-state index in [0.717, 1.165) is 38.6 Å². The number of rotatable bonds is 5. The highest BCUT2D eigenvalue weighted by Gasteiger charge is 2.26. The summed E-state index contributed by atoms with van der Waals surface area (Å²) in [6.07, 6.45) is 3.78. The number of aryl methyl sites for hydroxylation is 1. The van der Waals surface area contributed by atoms with E-state index >= 15 is 0 Å². The van der Waals surface area contributed by atoms with E-state index in [2.05, 4.69) is 45.4 Å². The lowest BCUT2D eigenvalue weighted by molar-refractivity contribution is -0.0388. The lowest BCUT2D eigenvalue weighted by atomic mass is 10.2. The summed E-state index contributed by atoms with van der Waals surface area (Å²) < 4.78 is 7.94. The third kappa shape index (κ3) is 3.37. The molecule has 1 atom stereocenters. The van der Waals surface area contributed by atoms with Gasteiger partial charge in [0.05, 0.1) is 13.2 Å². The SMILES string of the molecule is CCn1cnnc1[C@H]1CN(Cc2ncc(C(C)C)s2)CCO1. The molecule has 6 nitrogen and oxygen atoms in total. The van der Waals surface area contributed by atoms with E-state index in [1.54, 1.807) is 6.33 Å². The monoisotopic (exact) mass is 321 g/mol. The lowest BCUT2D eigenvalue weighted by Crippen LogP contribution is -2.38. The Bertz CT molecular complexity index is 609. The normalized spacial score (nSPS) is 19.9. The highest BCUT2D eigenvalue weighted by molar-refractivity contribution is 7.11. The van der Waals surface area contributed by atoms with Crippen molar-refractivity contribution < 1.29 is 4.74 Å². The van der Waals surface area contributed by atoms with Gasteiger partial charge in [0, 0.05) is 30.7 Å². The first-order valence-electron chi connectivity index (χ1n) is 7.83. The van der Waals surface area contributed by atoms with E-state index < -0.39 is 0 Å². The van der Waals surface area contributed by atoms with E-state index in [4.69, 9.17) is 4.74 Å². The predicted octanol–water partition coefficient (Wildman–Crippen LogP) is 2.45. The number of morpholine rings is 1. The van der Waals surface area contributed by atoms with Crippen LogP contribution in [0.3, 0.4) is 0 Å². The minimum atomic E-state index is 0.000677. The van der Waals surface area contributed by atoms with Gasteiger partial charge in [0.15, 0.2) is 5.82 Å². The van der Waals surface area contributed by atoms with Crippen molar-refractivity contribution in [3.63, 3.8) is 0 Å². The van der Waals surface area contributed by atoms with Gasteiger partial charge in [-0.3, -0.25) is 4.90 Å². The molecule has 1 saturated heterocycles. The second-order valence-corrected chi connectivity index (χ2v) is 7.03. The van der Waals surface area contributed by atoms with E-state index in [9.17, 15) is 0 Å². The van der Waals surface area contributed by atoms with Crippen molar-refractivity contribution in [1.29, 1.82) is 0 Å². The molecule has 0 saturated carbocycles. The van der Waals surface area contributed by atoms with Gasteiger partial charge in [-0.15, -0.1) is 21.5 Å². The first-order valence-corrected chi connectivity index (χ1v) is 8.65. The average Bonchev–Trinajstić information content (AvgIpc) is 3.16. The molecule has 2 aromatic rings. The van der Waals surface area contributed by atoms with Crippen LogP contribution in [0.1, 0.15) is 48.5 Å². The number of aromatic nitrogens is 4. The summed E-state index contributed by atoms with van der Waals surface area (Å²) in [6, 6.07) is 0. The zero-order chi connectivity index (χ0) is 15.5. The summed E-state index contributed by atoms with van der Waals surface area (Å²) in [5, 5.41) is 9.41. The first-order chi connectivity index (χ1) is 10.7. The Kier molecular flexibility index (Phi) is 4.85. The van der Waals surface area contributed by atoms with Crippen molar-refractivity contribution in [3.05, 3.63) is 28.2 Å². The largest absolute Gasteiger partial charge is 0.368 e. The van der Waals surface area contributed by atoms with Crippen LogP contribution in [0.15, 0.2) is 12.5 Å². The van der Waals surface area contributed by atoms with Gasteiger partial charge in [-0.1, -0.05) is 13.8 Å². The molecule has 0 bridgehead atoms. The van der Waals surface area contributed by atoms with Gasteiger partial charge < -0.3 is 9.30 Å². The van der Waals surface area contributed by atoms with Gasteiger partial charge in [-0.25, -0.2) is 4.98 Å². The van der Waals surface area contributed by atoms with Crippen LogP contribution < -0.4 is 0 Å². The van der Waals surface area contributed by atoms with Crippen molar-refractivity contribution in [2.24, 2.45) is 0 Å². The maximum absolute atomic E-state index is 5.89. The Morgan fingerprint density at radius 3 is 3.05 bits per heavy atom. The molecule has 1 aliphatic rings. The van der Waals surface area contributed by atoms with Crippen LogP contribution in [0.4, 0.5) is 0 Å². The fourth-order valence-corrected chi connectivity index (χ4v) is 3.58. The Labute approximate surface area is 135 Å². The molecule has 1 fully saturated rings. The van der Waals surface area contributed by atoms with E-state index in [1.165, 1.54) is 9.88 Å². The fourth-order valence-electron chi connectivity index (χ4n) is 2.61. The second-order valence-electron chi connectivity index (χ2n) is 5.88. The third-order valence-electron chi connectivity index (χ3n) is 3.92. The molecule has 0 unspecified atom stereocenters. The van der Waals surface area contributed by atoms with Gasteiger partial charge in [0.1, 0.15) is 17.4 Å². The summed E-state index contributed by atoms with van der Waals surface area (Å²) in [4.78, 5) is 8.30. The van der Waals surface area contributed by atoms with Gasteiger partial charge in [-0.2, -0.15) is 0 Å². The number of thiazole rings is 1. The van der Waals surface area contributed by atoms with Crippen molar-refractivity contribution in [2.75, 3.05) is 19.7 Å². The summed E-state index contributed by atoms with van der Waals surface area (Å²) in [5.41, 5.74) is 0. The van der Waals surface area contributed by atoms with Crippen LogP contribution in [-0.4, -0.2) is 44.3 Å². The zero-order valence-electron chi connectivity index (χ0n) is 13.4. The molecule has 120 valence electrons. The van der Waals surface area contributed by atoms with Crippen molar-refractivity contribution in [3.8, 4) is 0 Å². The number of hydrogen-bond donors (Lipinski definition) is 0. The van der Waals surface area contributed by atoms with Crippen LogP contribution in [0, 0.1) is 0 Å². The Morgan fingerprint density at radius 2 is 2.32 bits per heavy atom. The molecule has 3 rings (SSSR count). The second kappa shape index (κ2) is 6.85. The molecule has 1 aliphatic heterocycles. The van der Waals surface area contributed by atoms with Crippen LogP contribution in [0.2, 0.25) is 0 Å². The van der Waals surface area contributed by atoms with Gasteiger partial charge in [-0.05, 0) is 12.8 Å². The summed E-state index contributed by atoms with van der Waals surface area (Å²) in [6.45, 7) is 10.8. The van der Waals surface area contributed by atoms with Gasteiger partial charge in [0.25, 0.3) is 0 Å². The molecule has 0 radical (unpaired) electrons. The maximum Gasteiger partial charge on any atom is 0.163 e. The van der Waals surface area contributed by atoms with Crippen molar-refractivity contribution in [2.45, 2.75) is 45.9 Å². The molecule has 0 spiro atoms. The summed E-state index contributed by atoms with van der Waals surface area (Å²) in [5.74, 6) is 1.47. The van der Waals surface area contributed by atoms with Crippen LogP contribution >= 0.6 is 11.3 Å². The molecule has 2 aromatic heterocycles. The highest BCUT2D eigenvalue weighted by atomic mass is 32.1. The molecule has 7 heteroatoms. The molecular formula is C15H23N5OS. The predicted molar refractivity (Wildman–Crippen MR) is 85.9 cm³/mol. The van der Waals surface area contributed by atoms with Gasteiger partial charge >= 0.3 is 0 Å². The lowest BCUT2D eigenvalue weighted by Gasteiger charge is -2.31. The number of ether oxygens (including phenoxy) is 1. The zero-order valence-corrected chi connectivity index (χ0v) is 14.2. The third-order valence-corrected chi connectivity index (χ3v) is 5.21. The molecule has 0 N–H and O–H groups in total. The minimum Gasteiger partial charge on any atom is -0.368 e. The highest BCUT2D eigenvalue weighted by Crippen LogP contribution is 2.25. The van der Waals surface area contributed by atoms with Crippen LogP contribution in [0.25, 0.3) is 0 Å². The Morgan fingerprint density at radius 1 is 1.45 bits per heavy atom. The number of nitrogens with zero attached hydrogens (tertiary/aromatic N) is 5. The number of hydrogen-bond acceptors (Lipinski definition) is 6. The smallest absolute Gasteiger partial charge is 0.163 e. The van der Waals surface area contributed by atoms with Crippen molar-refractivity contribution >= 4 is 11.3 Å². The fraction of sp³-hybridized carbons (Fsp3) is 0.667. The first kappa shape index (κ1) is 15.6. The van der Waals surface area contributed by atoms with Crippen LogP contribution in [-0.2, 0) is 17.8 Å². The molecular weight excluding hydrogens is 298 g/mol. The molecule has 0 aliphatic carbocycles. The van der Waals surface area contributed by atoms with E-state index in [0.29, 0.717) is 5.92 Å². The standard InChI is InChI=1S/C15H23N5OS/c1-4-20-10-17-18-15(20)12-8-19(5-6-21-12)9-14-16-7-13(22-14)11(2)3/h7,10-12H,4-6,8-9H2,1-3H3/t12-/m1/s1. The molecule has 0 aromatic carbocycles. The molecule has 0 amide bonds. The Balaban J connectivity index is 1.65. The van der Waals surface area contributed by atoms with Gasteiger partial charge in [0.2, 0.25) is 0 Å². The van der Waals surface area contributed by atoms with Crippen molar-refractivity contribution in [1.82, 2.24) is 24.6 Å². The summed E-state index contributed by atoms with van der Waals surface area (Å²) in [7, 11) is 0. The quantitative estimate of drug-likeness (QED) is 0.846.